The highest BCUT2D eigenvalue weighted by Gasteiger charge is 2.23. The predicted molar refractivity (Wildman–Crippen MR) is 103 cm³/mol. The van der Waals surface area contributed by atoms with Gasteiger partial charge < -0.3 is 9.73 Å². The molecular weight excluding hydrogens is 397 g/mol. The quantitative estimate of drug-likeness (QED) is 0.566. The minimum atomic E-state index is -3.82. The highest BCUT2D eigenvalue weighted by Crippen LogP contribution is 2.16. The lowest BCUT2D eigenvalue weighted by molar-refractivity contribution is 0.0953. The smallest absolute Gasteiger partial charge is 0.335 e. The van der Waals surface area contributed by atoms with Crippen LogP contribution in [0.25, 0.3) is 0 Å². The zero-order valence-electron chi connectivity index (χ0n) is 15.8. The van der Waals surface area contributed by atoms with Crippen molar-refractivity contribution in [2.45, 2.75) is 30.7 Å². The second-order valence-corrected chi connectivity index (χ2v) is 8.44. The first-order valence-electron chi connectivity index (χ1n) is 8.98. The monoisotopic (exact) mass is 417 g/mol. The molecule has 29 heavy (non-hydrogen) atoms. The summed E-state index contributed by atoms with van der Waals surface area (Å²) in [7, 11) is -3.82. The van der Waals surface area contributed by atoms with Gasteiger partial charge in [-0.1, -0.05) is 34.9 Å². The van der Waals surface area contributed by atoms with Crippen LogP contribution in [0.1, 0.15) is 33.8 Å². The van der Waals surface area contributed by atoms with Gasteiger partial charge in [-0.3, -0.25) is 4.79 Å². The fourth-order valence-corrected chi connectivity index (χ4v) is 3.72. The minimum Gasteiger partial charge on any atom is -0.413 e. The lowest BCUT2D eigenvalue weighted by Crippen LogP contribution is -2.24. The van der Waals surface area contributed by atoms with E-state index in [0.29, 0.717) is 30.5 Å². The number of nitrogens with zero attached hydrogens (tertiary/aromatic N) is 2. The molecule has 1 heterocycles. The largest absolute Gasteiger partial charge is 0.413 e. The molecule has 0 aliphatic carbocycles. The molecule has 7 nitrogen and oxygen atoms in total. The summed E-state index contributed by atoms with van der Waals surface area (Å²) in [6, 6.07) is 12.4. The van der Waals surface area contributed by atoms with Crippen molar-refractivity contribution in [2.75, 3.05) is 6.54 Å². The van der Waals surface area contributed by atoms with Gasteiger partial charge >= 0.3 is 5.22 Å². The average Bonchev–Trinajstić information content (AvgIpc) is 3.17. The van der Waals surface area contributed by atoms with Crippen LogP contribution in [-0.4, -0.2) is 31.1 Å². The van der Waals surface area contributed by atoms with E-state index in [1.165, 1.54) is 24.3 Å². The van der Waals surface area contributed by atoms with Crippen LogP contribution in [0.2, 0.25) is 0 Å². The molecule has 0 fully saturated rings. The van der Waals surface area contributed by atoms with Crippen LogP contribution in [-0.2, 0) is 22.0 Å². The normalized spacial score (nSPS) is 11.4. The van der Waals surface area contributed by atoms with Gasteiger partial charge in [0.15, 0.2) is 0 Å². The SMILES string of the molecule is Cc1ccc(C(=O)NCCCc2nnc(S(=O)(=O)Cc3ccc(F)cc3)o2)cc1. The number of hydrogen-bond acceptors (Lipinski definition) is 6. The summed E-state index contributed by atoms with van der Waals surface area (Å²) in [6.07, 6.45) is 0.838. The first-order chi connectivity index (χ1) is 13.8. The standard InChI is InChI=1S/C20H20FN3O4S/c1-14-4-8-16(9-5-14)19(25)22-12-2-3-18-23-24-20(28-18)29(26,27)13-15-6-10-17(21)11-7-15/h4-11H,2-3,12-13H2,1H3,(H,22,25). The number of carbonyl (C=O) groups excluding carboxylic acids is 1. The van der Waals surface area contributed by atoms with E-state index >= 15 is 0 Å². The van der Waals surface area contributed by atoms with Crippen LogP contribution in [0.3, 0.4) is 0 Å². The highest BCUT2D eigenvalue weighted by molar-refractivity contribution is 7.90. The summed E-state index contributed by atoms with van der Waals surface area (Å²) in [5.41, 5.74) is 2.07. The second-order valence-electron chi connectivity index (χ2n) is 6.57. The molecule has 0 saturated carbocycles. The number of hydrogen-bond donors (Lipinski definition) is 1. The zero-order chi connectivity index (χ0) is 20.9. The van der Waals surface area contributed by atoms with Gasteiger partial charge in [0.1, 0.15) is 5.82 Å². The summed E-state index contributed by atoms with van der Waals surface area (Å²) < 4.78 is 42.9. The van der Waals surface area contributed by atoms with Gasteiger partial charge in [0, 0.05) is 18.5 Å². The lowest BCUT2D eigenvalue weighted by Gasteiger charge is -2.04. The molecule has 0 radical (unpaired) electrons. The molecule has 0 bridgehead atoms. The van der Waals surface area contributed by atoms with Crippen molar-refractivity contribution in [1.29, 1.82) is 0 Å². The van der Waals surface area contributed by atoms with E-state index in [1.54, 1.807) is 12.1 Å². The van der Waals surface area contributed by atoms with Crippen LogP contribution < -0.4 is 5.32 Å². The molecular formula is C20H20FN3O4S. The summed E-state index contributed by atoms with van der Waals surface area (Å²) in [5, 5.41) is 9.67. The van der Waals surface area contributed by atoms with Crippen molar-refractivity contribution in [2.24, 2.45) is 0 Å². The molecule has 1 N–H and O–H groups in total. The van der Waals surface area contributed by atoms with Gasteiger partial charge in [-0.2, -0.15) is 0 Å². The molecule has 152 valence electrons. The van der Waals surface area contributed by atoms with Crippen LogP contribution in [0.15, 0.2) is 58.2 Å². The maximum absolute atomic E-state index is 12.9. The van der Waals surface area contributed by atoms with Crippen LogP contribution in [0.5, 0.6) is 0 Å². The van der Waals surface area contributed by atoms with E-state index in [0.717, 1.165) is 5.56 Å². The number of amides is 1. The fourth-order valence-electron chi connectivity index (χ4n) is 2.58. The Hall–Kier alpha value is -3.07. The van der Waals surface area contributed by atoms with Gasteiger partial charge in [0.05, 0.1) is 5.75 Å². The molecule has 0 unspecified atom stereocenters. The molecule has 0 aliphatic heterocycles. The van der Waals surface area contributed by atoms with Crippen molar-refractivity contribution in [1.82, 2.24) is 15.5 Å². The Bertz CT molecular complexity index is 1080. The van der Waals surface area contributed by atoms with Crippen molar-refractivity contribution < 1.29 is 22.0 Å². The zero-order valence-corrected chi connectivity index (χ0v) is 16.6. The second kappa shape index (κ2) is 8.95. The number of nitrogens with one attached hydrogen (secondary N) is 1. The summed E-state index contributed by atoms with van der Waals surface area (Å²) in [4.78, 5) is 12.0. The first kappa shape index (κ1) is 20.7. The number of sulfone groups is 1. The third kappa shape index (κ3) is 5.71. The Balaban J connectivity index is 1.50. The van der Waals surface area contributed by atoms with Crippen molar-refractivity contribution >= 4 is 15.7 Å². The molecule has 0 spiro atoms. The molecule has 1 amide bonds. The molecule has 1 aromatic heterocycles. The molecule has 2 aromatic carbocycles. The van der Waals surface area contributed by atoms with Gasteiger partial charge in [-0.25, -0.2) is 12.8 Å². The van der Waals surface area contributed by atoms with Crippen molar-refractivity contribution in [3.05, 3.63) is 76.9 Å². The van der Waals surface area contributed by atoms with E-state index in [9.17, 15) is 17.6 Å². The third-order valence-corrected chi connectivity index (χ3v) is 5.56. The van der Waals surface area contributed by atoms with Gasteiger partial charge in [0.2, 0.25) is 15.7 Å². The average molecular weight is 417 g/mol. The van der Waals surface area contributed by atoms with Crippen LogP contribution in [0.4, 0.5) is 4.39 Å². The Morgan fingerprint density at radius 2 is 1.76 bits per heavy atom. The summed E-state index contributed by atoms with van der Waals surface area (Å²) >= 11 is 0. The van der Waals surface area contributed by atoms with E-state index in [1.807, 2.05) is 19.1 Å². The van der Waals surface area contributed by atoms with Gasteiger partial charge in [0.25, 0.3) is 5.91 Å². The topological polar surface area (TPSA) is 102 Å². The molecule has 0 saturated heterocycles. The van der Waals surface area contributed by atoms with Crippen molar-refractivity contribution in [3.63, 3.8) is 0 Å². The fraction of sp³-hybridized carbons (Fsp3) is 0.250. The Kier molecular flexibility index (Phi) is 6.38. The van der Waals surface area contributed by atoms with Gasteiger partial charge in [-0.15, -0.1) is 5.10 Å². The van der Waals surface area contributed by atoms with Crippen LogP contribution in [0, 0.1) is 12.7 Å². The lowest BCUT2D eigenvalue weighted by atomic mass is 10.1. The van der Waals surface area contributed by atoms with E-state index in [4.69, 9.17) is 4.42 Å². The Labute approximate surface area is 167 Å². The number of aromatic nitrogens is 2. The molecule has 0 atom stereocenters. The Morgan fingerprint density at radius 3 is 2.45 bits per heavy atom. The Morgan fingerprint density at radius 1 is 1.07 bits per heavy atom. The molecule has 9 heteroatoms. The third-order valence-electron chi connectivity index (χ3n) is 4.15. The maximum atomic E-state index is 12.9. The molecule has 0 aliphatic rings. The van der Waals surface area contributed by atoms with Gasteiger partial charge in [-0.05, 0) is 43.2 Å². The first-order valence-corrected chi connectivity index (χ1v) is 10.6. The number of rotatable bonds is 8. The van der Waals surface area contributed by atoms with E-state index < -0.39 is 20.9 Å². The molecule has 3 aromatic rings. The number of halogens is 1. The molecule has 3 rings (SSSR count). The number of benzene rings is 2. The van der Waals surface area contributed by atoms with E-state index in [-0.39, 0.29) is 17.6 Å². The summed E-state index contributed by atoms with van der Waals surface area (Å²) in [6.45, 7) is 2.33. The van der Waals surface area contributed by atoms with Crippen LogP contribution >= 0.6 is 0 Å². The number of aryl methyl sites for hydroxylation is 2. The summed E-state index contributed by atoms with van der Waals surface area (Å²) in [5.74, 6) is -0.812. The van der Waals surface area contributed by atoms with E-state index in [2.05, 4.69) is 15.5 Å². The predicted octanol–water partition coefficient (Wildman–Crippen LogP) is 2.85. The highest BCUT2D eigenvalue weighted by atomic mass is 32.2. The number of carbonyl (C=O) groups is 1. The maximum Gasteiger partial charge on any atom is 0.335 e. The van der Waals surface area contributed by atoms with Crippen molar-refractivity contribution in [3.8, 4) is 0 Å². The minimum absolute atomic E-state index is 0.173.